The number of aliphatic carboxylic acids is 1. The summed E-state index contributed by atoms with van der Waals surface area (Å²) in [5, 5.41) is 17.1. The number of carboxylic acid groups (broad SMARTS) is 1. The number of amidine groups is 1. The van der Waals surface area contributed by atoms with E-state index < -0.39 is 27.7 Å². The summed E-state index contributed by atoms with van der Waals surface area (Å²) in [4.78, 5) is 30.0. The number of carbonyl (C=O) groups excluding carboxylic acids is 1. The molecule has 3 aliphatic heterocycles. The zero-order chi connectivity index (χ0) is 18.5. The van der Waals surface area contributed by atoms with E-state index in [9.17, 15) is 14.7 Å². The maximum atomic E-state index is 11.9. The molecule has 3 aliphatic rings. The molecule has 0 spiro atoms. The Hall–Kier alpha value is -1.79. The normalized spacial score (nSPS) is 37.6. The van der Waals surface area contributed by atoms with Crippen molar-refractivity contribution in [1.82, 2.24) is 4.90 Å². The summed E-state index contributed by atoms with van der Waals surface area (Å²) in [5.74, 6) is -1.27. The number of carbonyl (C=O) groups is 2. The van der Waals surface area contributed by atoms with Gasteiger partial charge in [0.1, 0.15) is 17.7 Å². The first-order valence-corrected chi connectivity index (χ1v) is 9.85. The molecule has 3 rings (SSSR count). The fourth-order valence-corrected chi connectivity index (χ4v) is 6.30. The molecule has 2 fully saturated rings. The average molecular weight is 366 g/mol. The van der Waals surface area contributed by atoms with Crippen molar-refractivity contribution in [3.05, 3.63) is 0 Å². The van der Waals surface area contributed by atoms with Crippen LogP contribution in [-0.4, -0.2) is 68.7 Å². The Morgan fingerprint density at radius 3 is 2.72 bits per heavy atom. The van der Waals surface area contributed by atoms with Gasteiger partial charge >= 0.3 is 11.9 Å². The number of carboxylic acids is 1. The summed E-state index contributed by atoms with van der Waals surface area (Å²) < 4.78 is 5.05. The van der Waals surface area contributed by atoms with Gasteiger partial charge in [-0.1, -0.05) is 5.25 Å². The number of esters is 1. The average Bonchev–Trinajstić information content (AvgIpc) is 3.11. The lowest BCUT2D eigenvalue weighted by atomic mass is 9.77. The molecule has 5 atom stereocenters. The quantitative estimate of drug-likeness (QED) is 0.327. The van der Waals surface area contributed by atoms with E-state index in [-0.39, 0.29) is 28.3 Å². The predicted octanol–water partition coefficient (Wildman–Crippen LogP) is 0.883. The highest BCUT2D eigenvalue weighted by molar-refractivity contribution is 7.88. The largest absolute Gasteiger partial charge is 0.477 e. The summed E-state index contributed by atoms with van der Waals surface area (Å²) in [6.07, 6.45) is 1.05. The van der Waals surface area contributed by atoms with Gasteiger partial charge < -0.3 is 30.7 Å². The summed E-state index contributed by atoms with van der Waals surface area (Å²) in [5.41, 5.74) is 5.81. The van der Waals surface area contributed by atoms with Gasteiger partial charge in [-0.15, -0.1) is 5.25 Å². The third kappa shape index (κ3) is 2.98. The van der Waals surface area contributed by atoms with E-state index in [0.717, 1.165) is 13.0 Å². The van der Waals surface area contributed by atoms with E-state index in [0.29, 0.717) is 18.8 Å². The van der Waals surface area contributed by atoms with Crippen LogP contribution in [0.1, 0.15) is 33.6 Å². The molecule has 3 heterocycles. The van der Waals surface area contributed by atoms with Gasteiger partial charge in [0.25, 0.3) is 0 Å². The summed E-state index contributed by atoms with van der Waals surface area (Å²) in [6.45, 7) is 6.84. The molecule has 7 nitrogen and oxygen atoms in total. The van der Waals surface area contributed by atoms with Crippen molar-refractivity contribution in [2.24, 2.45) is 10.9 Å². The van der Waals surface area contributed by atoms with Crippen molar-refractivity contribution in [3.8, 4) is 5.69 Å². The Bertz CT molecular complexity index is 740. The highest BCUT2D eigenvalue weighted by atomic mass is 32.2. The minimum Gasteiger partial charge on any atom is -0.477 e. The van der Waals surface area contributed by atoms with Crippen molar-refractivity contribution < 1.29 is 19.4 Å². The van der Waals surface area contributed by atoms with Gasteiger partial charge in [-0.25, -0.2) is 4.79 Å². The molecule has 2 saturated heterocycles. The van der Waals surface area contributed by atoms with Crippen LogP contribution in [0.5, 0.6) is 0 Å². The van der Waals surface area contributed by atoms with E-state index in [1.165, 1.54) is 0 Å². The van der Waals surface area contributed by atoms with Crippen LogP contribution in [0.25, 0.3) is 0 Å². The molecule has 8 heteroatoms. The van der Waals surface area contributed by atoms with Crippen LogP contribution in [0.4, 0.5) is 0 Å². The Labute approximate surface area is 149 Å². The first-order valence-electron chi connectivity index (χ1n) is 8.44. The smallest absolute Gasteiger partial charge is 0.348 e. The van der Waals surface area contributed by atoms with Crippen LogP contribution >= 0.6 is 0 Å². The van der Waals surface area contributed by atoms with E-state index in [1.807, 2.05) is 18.7 Å². The number of likely N-dealkylation sites (tertiary alicyclic amines) is 1. The van der Waals surface area contributed by atoms with Crippen molar-refractivity contribution in [2.75, 3.05) is 13.1 Å². The maximum Gasteiger partial charge on any atom is 0.348 e. The Morgan fingerprint density at radius 2 is 2.24 bits per heavy atom. The number of hydrogen-bond acceptors (Lipinski definition) is 6. The number of nitrogens with zero attached hydrogens (tertiary/aromatic N) is 2. The predicted molar refractivity (Wildman–Crippen MR) is 96.6 cm³/mol. The zero-order valence-corrected chi connectivity index (χ0v) is 15.5. The summed E-state index contributed by atoms with van der Waals surface area (Å²) in [7, 11) is -0.674. The minimum atomic E-state index is -1.06. The van der Waals surface area contributed by atoms with Crippen molar-refractivity contribution in [1.29, 1.82) is 5.41 Å². The van der Waals surface area contributed by atoms with Gasteiger partial charge in [-0.3, -0.25) is 15.2 Å². The van der Waals surface area contributed by atoms with Gasteiger partial charge in [0.15, 0.2) is 0 Å². The fourth-order valence-electron chi connectivity index (χ4n) is 4.16. The van der Waals surface area contributed by atoms with Gasteiger partial charge in [0, 0.05) is 13.1 Å². The summed E-state index contributed by atoms with van der Waals surface area (Å²) >= 11 is 0. The number of ether oxygens (including phenoxy) is 1. The lowest BCUT2D eigenvalue weighted by molar-refractivity contribution is -0.188. The molecular formula is C17H24N3O4S-. The molecule has 0 aliphatic carbocycles. The van der Waals surface area contributed by atoms with Crippen molar-refractivity contribution in [2.45, 2.75) is 55.8 Å². The fraction of sp³-hybridized carbons (Fsp3) is 0.706. The van der Waals surface area contributed by atoms with E-state index in [2.05, 4.69) is 4.99 Å². The minimum absolute atomic E-state index is 0.0882. The molecule has 0 aromatic heterocycles. The molecule has 25 heavy (non-hydrogen) atoms. The Morgan fingerprint density at radius 1 is 1.56 bits per heavy atom. The van der Waals surface area contributed by atoms with Crippen molar-refractivity contribution in [3.63, 3.8) is 0 Å². The van der Waals surface area contributed by atoms with Crippen LogP contribution in [0.2, 0.25) is 0 Å². The van der Waals surface area contributed by atoms with Gasteiger partial charge in [0.05, 0.1) is 11.4 Å². The van der Waals surface area contributed by atoms with Crippen LogP contribution < -0.4 is 0 Å². The molecule has 138 valence electrons. The third-order valence-electron chi connectivity index (χ3n) is 5.53. The van der Waals surface area contributed by atoms with Gasteiger partial charge in [-0.2, -0.15) is 0 Å². The number of cyclic esters (lactones) is 1. The van der Waals surface area contributed by atoms with E-state index >= 15 is 0 Å². The molecule has 0 aromatic rings. The molecule has 0 aromatic carbocycles. The maximum absolute atomic E-state index is 11.9. The molecule has 1 unspecified atom stereocenters. The highest BCUT2D eigenvalue weighted by Gasteiger charge is 2.55. The first-order chi connectivity index (χ1) is 11.6. The number of hydrogen-bond donors (Lipinski definition) is 2. The SMILES string of the molecule is C#[S-](C1C[C@](C)([C@@H]2C(=O)O[C@@H]2C)N=C1C(=O)O)[C@H]1CCN(C(C)=N)C1. The molecule has 2 N–H and O–H groups in total. The molecule has 0 saturated carbocycles. The van der Waals surface area contributed by atoms with Crippen LogP contribution in [-0.2, 0) is 24.6 Å². The third-order valence-corrected chi connectivity index (χ3v) is 7.73. The number of rotatable bonds is 2. The second-order valence-corrected chi connectivity index (χ2v) is 9.37. The monoisotopic (exact) mass is 366 g/mol. The Balaban J connectivity index is 1.81. The van der Waals surface area contributed by atoms with Gasteiger partial charge in [0.2, 0.25) is 0 Å². The molecule has 0 radical (unpaired) electrons. The molecule has 0 amide bonds. The highest BCUT2D eigenvalue weighted by Crippen LogP contribution is 2.43. The second-order valence-electron chi connectivity index (χ2n) is 7.32. The van der Waals surface area contributed by atoms with Crippen LogP contribution in [0, 0.1) is 17.0 Å². The lowest BCUT2D eigenvalue weighted by Gasteiger charge is -2.42. The second kappa shape index (κ2) is 6.18. The standard InChI is InChI=1S/C17H24N3O4S/c1-9-13(16(23)24-9)17(3)7-12(14(19-17)15(21)22)25(4)11-5-6-20(8-11)10(2)18/h4,9,11-13,18H,5-8H2,1-3H3,(H,21,22)/q-1/t9-,11+,12?,13+,17-/m1/s1. The lowest BCUT2D eigenvalue weighted by Crippen LogP contribution is -2.54. The van der Waals surface area contributed by atoms with E-state index in [4.69, 9.17) is 15.8 Å². The first kappa shape index (κ1) is 18.0. The molecular weight excluding hydrogens is 342 g/mol. The van der Waals surface area contributed by atoms with E-state index in [1.54, 1.807) is 6.92 Å². The number of nitrogens with one attached hydrogen (secondary N) is 1. The topological polar surface area (TPSA) is 103 Å². The van der Waals surface area contributed by atoms with Crippen molar-refractivity contribution >= 4 is 33.8 Å². The molecule has 0 bridgehead atoms. The summed E-state index contributed by atoms with van der Waals surface area (Å²) in [6, 6.07) is 0. The van der Waals surface area contributed by atoms with Crippen LogP contribution in [0.15, 0.2) is 4.99 Å². The van der Waals surface area contributed by atoms with Gasteiger partial charge in [-0.05, 0) is 33.6 Å². The zero-order valence-electron chi connectivity index (χ0n) is 14.7. The van der Waals surface area contributed by atoms with Crippen LogP contribution in [0.3, 0.4) is 0 Å². The number of aliphatic imine (C=N–C) groups is 1. The Kier molecular flexibility index (Phi) is 4.45.